The van der Waals surface area contributed by atoms with Crippen molar-refractivity contribution in [1.82, 2.24) is 10.2 Å². The van der Waals surface area contributed by atoms with Crippen LogP contribution in [0.25, 0.3) is 0 Å². The maximum Gasteiger partial charge on any atom is 0.246 e. The predicted molar refractivity (Wildman–Crippen MR) is 81.3 cm³/mol. The molecule has 4 heteroatoms. The first-order valence-corrected chi connectivity index (χ1v) is 8.02. The van der Waals surface area contributed by atoms with Gasteiger partial charge in [0.2, 0.25) is 11.8 Å². The Morgan fingerprint density at radius 2 is 1.60 bits per heavy atom. The third kappa shape index (κ3) is 2.70. The van der Waals surface area contributed by atoms with Crippen molar-refractivity contribution >= 4 is 11.8 Å². The maximum atomic E-state index is 12.9. The Kier molecular flexibility index (Phi) is 5.60. The molecule has 116 valence electrons. The first kappa shape index (κ1) is 17.0. The highest BCUT2D eigenvalue weighted by Gasteiger charge is 2.48. The molecule has 2 atom stereocenters. The standard InChI is InChI=1S/C16H30N2O2/c1-7-12-14(19)17-13(11(5)6)15(20)18(12)16(8-2,9-3)10-4/h11-13H,7-10H2,1-6H3,(H,17,19). The normalized spacial score (nSPS) is 24.2. The van der Waals surface area contributed by atoms with Gasteiger partial charge >= 0.3 is 0 Å². The summed E-state index contributed by atoms with van der Waals surface area (Å²) in [5.74, 6) is 0.220. The lowest BCUT2D eigenvalue weighted by atomic mass is 9.83. The zero-order valence-corrected chi connectivity index (χ0v) is 13.8. The topological polar surface area (TPSA) is 49.4 Å². The molecule has 2 amide bonds. The smallest absolute Gasteiger partial charge is 0.246 e. The Bertz CT molecular complexity index is 353. The number of rotatable bonds is 6. The van der Waals surface area contributed by atoms with Crippen LogP contribution in [0, 0.1) is 5.92 Å². The molecule has 0 spiro atoms. The molecule has 0 radical (unpaired) electrons. The van der Waals surface area contributed by atoms with Gasteiger partial charge in [0.25, 0.3) is 0 Å². The molecule has 1 aliphatic rings. The molecule has 0 aliphatic carbocycles. The highest BCUT2D eigenvalue weighted by atomic mass is 16.2. The minimum absolute atomic E-state index is 0.00512. The molecule has 0 saturated carbocycles. The average Bonchev–Trinajstić information content (AvgIpc) is 2.44. The van der Waals surface area contributed by atoms with Gasteiger partial charge in [0.15, 0.2) is 0 Å². The molecule has 1 rings (SSSR count). The maximum absolute atomic E-state index is 12.9. The van der Waals surface area contributed by atoms with Gasteiger partial charge in [-0.2, -0.15) is 0 Å². The lowest BCUT2D eigenvalue weighted by molar-refractivity contribution is -0.159. The van der Waals surface area contributed by atoms with Crippen molar-refractivity contribution in [3.63, 3.8) is 0 Å². The number of nitrogens with zero attached hydrogens (tertiary/aromatic N) is 1. The van der Waals surface area contributed by atoms with Crippen LogP contribution < -0.4 is 5.32 Å². The number of hydrogen-bond donors (Lipinski definition) is 1. The van der Waals surface area contributed by atoms with E-state index < -0.39 is 0 Å². The van der Waals surface area contributed by atoms with Crippen LogP contribution >= 0.6 is 0 Å². The van der Waals surface area contributed by atoms with Crippen molar-refractivity contribution in [1.29, 1.82) is 0 Å². The van der Waals surface area contributed by atoms with Gasteiger partial charge in [0, 0.05) is 5.54 Å². The Balaban J connectivity index is 3.26. The Hall–Kier alpha value is -1.06. The van der Waals surface area contributed by atoms with Gasteiger partial charge in [0.05, 0.1) is 0 Å². The number of amides is 2. The van der Waals surface area contributed by atoms with E-state index in [1.54, 1.807) is 0 Å². The van der Waals surface area contributed by atoms with Crippen molar-refractivity contribution < 1.29 is 9.59 Å². The van der Waals surface area contributed by atoms with Gasteiger partial charge in [-0.1, -0.05) is 41.5 Å². The molecular formula is C16H30N2O2. The molecular weight excluding hydrogens is 252 g/mol. The fourth-order valence-electron chi connectivity index (χ4n) is 3.38. The molecule has 0 aromatic heterocycles. The Morgan fingerprint density at radius 3 is 1.95 bits per heavy atom. The fourth-order valence-corrected chi connectivity index (χ4v) is 3.38. The second-order valence-electron chi connectivity index (χ2n) is 6.15. The molecule has 0 aromatic carbocycles. The quantitative estimate of drug-likeness (QED) is 0.814. The van der Waals surface area contributed by atoms with Gasteiger partial charge in [-0.05, 0) is 31.6 Å². The largest absolute Gasteiger partial charge is 0.342 e. The van der Waals surface area contributed by atoms with Gasteiger partial charge in [-0.3, -0.25) is 9.59 Å². The van der Waals surface area contributed by atoms with E-state index >= 15 is 0 Å². The van der Waals surface area contributed by atoms with E-state index in [1.165, 1.54) is 0 Å². The van der Waals surface area contributed by atoms with E-state index in [9.17, 15) is 9.59 Å². The van der Waals surface area contributed by atoms with Crippen LogP contribution in [0.1, 0.15) is 67.2 Å². The fraction of sp³-hybridized carbons (Fsp3) is 0.875. The number of hydrogen-bond acceptors (Lipinski definition) is 2. The van der Waals surface area contributed by atoms with E-state index in [4.69, 9.17) is 0 Å². The Morgan fingerprint density at radius 1 is 1.10 bits per heavy atom. The van der Waals surface area contributed by atoms with E-state index in [1.807, 2.05) is 25.7 Å². The monoisotopic (exact) mass is 282 g/mol. The van der Waals surface area contributed by atoms with Crippen LogP contribution in [0.3, 0.4) is 0 Å². The van der Waals surface area contributed by atoms with E-state index in [-0.39, 0.29) is 35.4 Å². The average molecular weight is 282 g/mol. The van der Waals surface area contributed by atoms with Gasteiger partial charge in [-0.15, -0.1) is 0 Å². The summed E-state index contributed by atoms with van der Waals surface area (Å²) in [6.45, 7) is 12.3. The number of carbonyl (C=O) groups excluding carboxylic acids is 2. The molecule has 2 unspecified atom stereocenters. The lowest BCUT2D eigenvalue weighted by Gasteiger charge is -2.51. The number of piperazine rings is 1. The first-order valence-electron chi connectivity index (χ1n) is 8.02. The van der Waals surface area contributed by atoms with Crippen molar-refractivity contribution in [2.24, 2.45) is 5.92 Å². The van der Waals surface area contributed by atoms with Gasteiger partial charge in [0.1, 0.15) is 12.1 Å². The molecule has 1 aliphatic heterocycles. The second-order valence-corrected chi connectivity index (χ2v) is 6.15. The number of carbonyl (C=O) groups is 2. The minimum Gasteiger partial charge on any atom is -0.342 e. The molecule has 1 heterocycles. The summed E-state index contributed by atoms with van der Waals surface area (Å²) >= 11 is 0. The summed E-state index contributed by atoms with van der Waals surface area (Å²) < 4.78 is 0. The summed E-state index contributed by atoms with van der Waals surface area (Å²) in [7, 11) is 0. The molecule has 4 nitrogen and oxygen atoms in total. The highest BCUT2D eigenvalue weighted by Crippen LogP contribution is 2.34. The van der Waals surface area contributed by atoms with Crippen LogP contribution in [0.2, 0.25) is 0 Å². The SMILES string of the molecule is CCC1C(=O)NC(C(C)C)C(=O)N1C(CC)(CC)CC. The van der Waals surface area contributed by atoms with Crippen molar-refractivity contribution in [2.75, 3.05) is 0 Å². The third-order valence-corrected chi connectivity index (χ3v) is 4.95. The van der Waals surface area contributed by atoms with Crippen LogP contribution in [0.4, 0.5) is 0 Å². The number of nitrogens with one attached hydrogen (secondary N) is 1. The zero-order chi connectivity index (χ0) is 15.5. The van der Waals surface area contributed by atoms with E-state index in [2.05, 4.69) is 26.1 Å². The zero-order valence-electron chi connectivity index (χ0n) is 13.8. The van der Waals surface area contributed by atoms with Crippen LogP contribution in [-0.4, -0.2) is 34.3 Å². The van der Waals surface area contributed by atoms with Gasteiger partial charge in [-0.25, -0.2) is 0 Å². The van der Waals surface area contributed by atoms with Crippen LogP contribution in [-0.2, 0) is 9.59 Å². The van der Waals surface area contributed by atoms with Crippen molar-refractivity contribution in [2.45, 2.75) is 84.8 Å². The molecule has 20 heavy (non-hydrogen) atoms. The molecule has 1 N–H and O–H groups in total. The molecule has 0 bridgehead atoms. The predicted octanol–water partition coefficient (Wildman–Crippen LogP) is 2.72. The van der Waals surface area contributed by atoms with Crippen molar-refractivity contribution in [3.05, 3.63) is 0 Å². The third-order valence-electron chi connectivity index (χ3n) is 4.95. The van der Waals surface area contributed by atoms with E-state index in [0.29, 0.717) is 6.42 Å². The molecule has 1 saturated heterocycles. The summed E-state index contributed by atoms with van der Waals surface area (Å²) in [5, 5.41) is 2.91. The Labute approximate surface area is 123 Å². The lowest BCUT2D eigenvalue weighted by Crippen LogP contribution is -2.70. The van der Waals surface area contributed by atoms with Crippen molar-refractivity contribution in [3.8, 4) is 0 Å². The summed E-state index contributed by atoms with van der Waals surface area (Å²) in [6, 6.07) is -0.702. The molecule has 0 aromatic rings. The second kappa shape index (κ2) is 6.59. The van der Waals surface area contributed by atoms with E-state index in [0.717, 1.165) is 19.3 Å². The van der Waals surface area contributed by atoms with Crippen LogP contribution in [0.5, 0.6) is 0 Å². The van der Waals surface area contributed by atoms with Gasteiger partial charge < -0.3 is 10.2 Å². The molecule has 1 fully saturated rings. The summed E-state index contributed by atoms with van der Waals surface area (Å²) in [4.78, 5) is 27.2. The van der Waals surface area contributed by atoms with Crippen LogP contribution in [0.15, 0.2) is 0 Å². The minimum atomic E-state index is -0.380. The first-order chi connectivity index (χ1) is 9.38. The summed E-state index contributed by atoms with van der Waals surface area (Å²) in [5.41, 5.74) is -0.192. The highest BCUT2D eigenvalue weighted by molar-refractivity contribution is 5.97. The summed E-state index contributed by atoms with van der Waals surface area (Å²) in [6.07, 6.45) is 3.34.